The summed E-state index contributed by atoms with van der Waals surface area (Å²) in [4.78, 5) is 35.6. The zero-order valence-electron chi connectivity index (χ0n) is 15.3. The van der Waals surface area contributed by atoms with Gasteiger partial charge in [0.2, 0.25) is 0 Å². The molecule has 2 rings (SSSR count). The van der Waals surface area contributed by atoms with E-state index in [-0.39, 0.29) is 11.5 Å². The van der Waals surface area contributed by atoms with E-state index in [0.29, 0.717) is 13.0 Å². The minimum atomic E-state index is -1.50. The number of amides is 2. The molecule has 1 aliphatic rings. The van der Waals surface area contributed by atoms with Crippen LogP contribution in [0.2, 0.25) is 0 Å². The van der Waals surface area contributed by atoms with E-state index in [1.54, 1.807) is 12.1 Å². The number of hydrogen-bond donors (Lipinski definition) is 4. The second-order valence-electron chi connectivity index (χ2n) is 6.23. The van der Waals surface area contributed by atoms with Crippen LogP contribution in [0.4, 0.5) is 0 Å². The van der Waals surface area contributed by atoms with Crippen molar-refractivity contribution in [2.24, 2.45) is 0 Å². The van der Waals surface area contributed by atoms with Crippen molar-refractivity contribution in [2.45, 2.75) is 44.1 Å². The Morgan fingerprint density at radius 1 is 1.28 bits per heavy atom. The number of carboxylic acid groups (broad SMARTS) is 1. The van der Waals surface area contributed by atoms with Crippen molar-refractivity contribution in [3.63, 3.8) is 0 Å². The van der Waals surface area contributed by atoms with Crippen molar-refractivity contribution >= 4 is 30.4 Å². The van der Waals surface area contributed by atoms with Gasteiger partial charge in [0, 0.05) is 18.6 Å². The molecule has 158 valence electrons. The van der Waals surface area contributed by atoms with E-state index in [9.17, 15) is 24.6 Å². The number of carboxylic acids is 1. The van der Waals surface area contributed by atoms with E-state index in [1.165, 1.54) is 13.0 Å². The van der Waals surface area contributed by atoms with Gasteiger partial charge in [-0.1, -0.05) is 6.07 Å². The standard InChI is InChI=1S/C17H23N3O6S.O.Tc/c1-8(21)14(16(24)19-13(7-27)17(25)26)20-15(23)12-5-9-2-3-11(22)4-10(9)6-18-12;;/h2-4,8,12-14,18,21H,5-7H2,1H3,(H5,19,20,22,23,24,25,26,27);;/q;;+3/p-3. The van der Waals surface area contributed by atoms with Crippen molar-refractivity contribution in [2.75, 3.05) is 5.75 Å². The Kier molecular flexibility index (Phi) is 10.4. The van der Waals surface area contributed by atoms with Crippen molar-refractivity contribution in [3.05, 3.63) is 40.0 Å². The molecule has 4 N–H and O–H groups in total. The zero-order valence-corrected chi connectivity index (χ0v) is 18.0. The number of carbonyl (C=O) groups excluding carboxylic acids is 2. The summed E-state index contributed by atoms with van der Waals surface area (Å²) in [6.07, 6.45) is -1.02. The summed E-state index contributed by atoms with van der Waals surface area (Å²) < 4.78 is 8.22. The first-order valence-corrected chi connectivity index (χ1v) is 9.74. The molecule has 0 saturated heterocycles. The monoisotopic (exact) mass is 507 g/mol. The fourth-order valence-corrected chi connectivity index (χ4v) is 2.88. The Bertz CT molecular complexity index is 750. The Hall–Kier alpha value is -1.85. The van der Waals surface area contributed by atoms with Crippen LogP contribution in [-0.4, -0.2) is 63.1 Å². The number of benzene rings is 1. The number of nitrogens with zero attached hydrogens (tertiary/aromatic N) is 2. The van der Waals surface area contributed by atoms with Crippen molar-refractivity contribution < 1.29 is 52.1 Å². The number of aliphatic hydroxyl groups excluding tert-OH is 1. The molecule has 0 saturated carbocycles. The Balaban J connectivity index is 0.00000204. The van der Waals surface area contributed by atoms with Crippen LogP contribution in [0.1, 0.15) is 18.1 Å². The summed E-state index contributed by atoms with van der Waals surface area (Å²) in [6.45, 7) is 1.61. The molecule has 12 heteroatoms. The molecule has 29 heavy (non-hydrogen) atoms. The van der Waals surface area contributed by atoms with Gasteiger partial charge in [0.05, 0.1) is 11.9 Å². The van der Waals surface area contributed by atoms with E-state index < -0.39 is 42.0 Å². The van der Waals surface area contributed by atoms with Crippen LogP contribution in [-0.2, 0) is 62.3 Å². The van der Waals surface area contributed by atoms with E-state index in [2.05, 4.69) is 28.6 Å². The van der Waals surface area contributed by atoms with Crippen LogP contribution in [0.15, 0.2) is 18.2 Å². The summed E-state index contributed by atoms with van der Waals surface area (Å²) in [5.41, 5.74) is 1.72. The van der Waals surface area contributed by atoms with Gasteiger partial charge in [-0.3, -0.25) is 4.79 Å². The molecule has 1 aromatic rings. The number of rotatable bonds is 7. The molecule has 1 aliphatic heterocycles. The quantitative estimate of drug-likeness (QED) is 0.366. The number of fused-ring (bicyclic) bond motifs is 1. The van der Waals surface area contributed by atoms with Crippen LogP contribution >= 0.6 is 0 Å². The van der Waals surface area contributed by atoms with Gasteiger partial charge in [-0.25, -0.2) is 0 Å². The third-order valence-corrected chi connectivity index (χ3v) is 4.47. The van der Waals surface area contributed by atoms with Gasteiger partial charge in [-0.15, -0.1) is 0 Å². The SMILES string of the molecule is CC(O)C([N-]C(=O)C1Cc2ccc(O)cc2CN1)C(=O)[N-]C(C[S-])C(=O)O.[O]=[Tc+3]. The number of aliphatic hydroxyl groups is 1. The van der Waals surface area contributed by atoms with Gasteiger partial charge in [0.1, 0.15) is 5.75 Å². The van der Waals surface area contributed by atoms with Gasteiger partial charge in [0.15, 0.2) is 0 Å². The number of phenols is 1. The van der Waals surface area contributed by atoms with Crippen molar-refractivity contribution in [1.29, 1.82) is 0 Å². The first kappa shape index (κ1) is 25.2. The molecule has 0 bridgehead atoms. The Morgan fingerprint density at radius 2 is 1.93 bits per heavy atom. The van der Waals surface area contributed by atoms with E-state index >= 15 is 0 Å². The van der Waals surface area contributed by atoms with Crippen molar-refractivity contribution in [1.82, 2.24) is 5.32 Å². The molecule has 10 nitrogen and oxygen atoms in total. The molecule has 4 atom stereocenters. The normalized spacial score (nSPS) is 18.1. The summed E-state index contributed by atoms with van der Waals surface area (Å²) in [7, 11) is 0. The molecule has 0 radical (unpaired) electrons. The average molecular weight is 508 g/mol. The predicted molar refractivity (Wildman–Crippen MR) is 99.0 cm³/mol. The maximum absolute atomic E-state index is 12.5. The van der Waals surface area contributed by atoms with E-state index in [4.69, 9.17) is 8.61 Å². The first-order chi connectivity index (χ1) is 13.7. The fraction of sp³-hybridized carbons (Fsp3) is 0.471. The molecule has 0 fully saturated rings. The summed E-state index contributed by atoms with van der Waals surface area (Å²) in [5.74, 6) is -3.19. The van der Waals surface area contributed by atoms with Gasteiger partial charge < -0.3 is 53.5 Å². The number of aromatic hydroxyl groups is 1. The topological polar surface area (TPSA) is 169 Å². The van der Waals surface area contributed by atoms with E-state index in [0.717, 1.165) is 30.0 Å². The number of carbonyl (C=O) groups is 3. The Morgan fingerprint density at radius 3 is 2.48 bits per heavy atom. The minimum absolute atomic E-state index is 0.126. The van der Waals surface area contributed by atoms with Crippen LogP contribution in [0, 0.1) is 0 Å². The molecule has 4 unspecified atom stereocenters. The molecular formula is C17H20N3O7STc. The third-order valence-electron chi connectivity index (χ3n) is 4.15. The first-order valence-electron chi connectivity index (χ1n) is 8.40. The van der Waals surface area contributed by atoms with Gasteiger partial charge in [-0.05, 0) is 48.7 Å². The number of nitrogens with one attached hydrogen (secondary N) is 1. The number of aliphatic carboxylic acids is 1. The van der Waals surface area contributed by atoms with Crippen LogP contribution in [0.5, 0.6) is 5.75 Å². The van der Waals surface area contributed by atoms with E-state index in [1.807, 2.05) is 0 Å². The molecular weight excluding hydrogens is 488 g/mol. The molecule has 1 aromatic carbocycles. The molecule has 0 aromatic heterocycles. The molecule has 0 spiro atoms. The van der Waals surface area contributed by atoms with Crippen LogP contribution in [0.3, 0.4) is 0 Å². The van der Waals surface area contributed by atoms with Crippen molar-refractivity contribution in [3.8, 4) is 5.75 Å². The van der Waals surface area contributed by atoms with Crippen LogP contribution in [0.25, 0.3) is 10.6 Å². The van der Waals surface area contributed by atoms with Gasteiger partial charge >= 0.3 is 22.4 Å². The fourth-order valence-electron chi connectivity index (χ4n) is 2.67. The second-order valence-corrected chi connectivity index (χ2v) is 6.56. The average Bonchev–Trinajstić information content (AvgIpc) is 2.70. The third kappa shape index (κ3) is 7.16. The second kappa shape index (κ2) is 12.0. The van der Waals surface area contributed by atoms with Gasteiger partial charge in [-0.2, -0.15) is 5.75 Å². The summed E-state index contributed by atoms with van der Waals surface area (Å²) >= 11 is 5.54. The molecule has 0 aliphatic carbocycles. The number of phenolic OH excluding ortho intramolecular Hbond substituents is 1. The molecule has 2 amide bonds. The van der Waals surface area contributed by atoms with Crippen LogP contribution < -0.4 is 5.32 Å². The number of hydrogen-bond acceptors (Lipinski definition) is 8. The maximum atomic E-state index is 12.5. The summed E-state index contributed by atoms with van der Waals surface area (Å²) in [5, 5.41) is 38.4. The van der Waals surface area contributed by atoms with Gasteiger partial charge in [0.25, 0.3) is 5.97 Å². The summed E-state index contributed by atoms with van der Waals surface area (Å²) in [6, 6.07) is 1.20. The zero-order chi connectivity index (χ0) is 22.1. The Labute approximate surface area is 183 Å². The molecule has 1 heterocycles. The predicted octanol–water partition coefficient (Wildman–Crippen LogP) is -0.165.